The van der Waals surface area contributed by atoms with E-state index in [2.05, 4.69) is 30.9 Å². The van der Waals surface area contributed by atoms with Crippen molar-refractivity contribution < 1.29 is 18.8 Å². The van der Waals surface area contributed by atoms with Crippen molar-refractivity contribution in [3.63, 3.8) is 0 Å². The Kier molecular flexibility index (Phi) is 9.08. The molecule has 3 N–H and O–H groups in total. The number of hydrogen-bond donors (Lipinski definition) is 3. The lowest BCUT2D eigenvalue weighted by Crippen LogP contribution is -2.43. The van der Waals surface area contributed by atoms with E-state index in [-0.39, 0.29) is 48.2 Å². The van der Waals surface area contributed by atoms with Gasteiger partial charge in [0.25, 0.3) is 11.8 Å². The Labute approximate surface area is 247 Å². The van der Waals surface area contributed by atoms with Gasteiger partial charge in [-0.15, -0.1) is 11.3 Å². The van der Waals surface area contributed by atoms with Crippen LogP contribution >= 0.6 is 11.3 Å². The van der Waals surface area contributed by atoms with Crippen molar-refractivity contribution in [3.8, 4) is 0 Å². The summed E-state index contributed by atoms with van der Waals surface area (Å²) in [7, 11) is 1.89. The predicted octanol–water partition coefficient (Wildman–Crippen LogP) is 2.64. The second kappa shape index (κ2) is 13.1. The molecule has 0 fully saturated rings. The first kappa shape index (κ1) is 29.1. The van der Waals surface area contributed by atoms with Gasteiger partial charge in [0.05, 0.1) is 19.1 Å². The highest BCUT2D eigenvalue weighted by atomic mass is 32.1. The highest BCUT2D eigenvalue weighted by Crippen LogP contribution is 2.26. The van der Waals surface area contributed by atoms with Crippen molar-refractivity contribution >= 4 is 29.1 Å². The fourth-order valence-corrected chi connectivity index (χ4v) is 5.71. The third-order valence-corrected chi connectivity index (χ3v) is 7.94. The molecule has 1 aliphatic rings. The quantitative estimate of drug-likeness (QED) is 0.322. The smallest absolute Gasteiger partial charge is 0.273 e. The highest BCUT2D eigenvalue weighted by molar-refractivity contribution is 7.09. The number of carbonyl (C=O) groups is 3. The minimum atomic E-state index is -0.639. The molecule has 0 saturated heterocycles. The zero-order valence-corrected chi connectivity index (χ0v) is 24.6. The highest BCUT2D eigenvalue weighted by Gasteiger charge is 2.27. The topological polar surface area (TPSA) is 147 Å². The van der Waals surface area contributed by atoms with E-state index in [9.17, 15) is 14.4 Å². The minimum Gasteiger partial charge on any atom is -0.446 e. The minimum absolute atomic E-state index is 0.0282. The fourth-order valence-electron chi connectivity index (χ4n) is 4.69. The van der Waals surface area contributed by atoms with Crippen molar-refractivity contribution in [1.29, 1.82) is 0 Å². The van der Waals surface area contributed by atoms with E-state index in [1.807, 2.05) is 66.9 Å². The van der Waals surface area contributed by atoms with E-state index in [4.69, 9.17) is 4.42 Å². The van der Waals surface area contributed by atoms with Crippen LogP contribution in [0.15, 0.2) is 58.8 Å². The largest absolute Gasteiger partial charge is 0.446 e. The molecule has 13 heteroatoms. The number of imidazole rings is 1. The molecule has 0 unspecified atom stereocenters. The molecular weight excluding hydrogens is 556 g/mol. The Morgan fingerprint density at radius 1 is 1.07 bits per heavy atom. The molecule has 0 saturated carbocycles. The van der Waals surface area contributed by atoms with Crippen LogP contribution in [-0.4, -0.2) is 61.8 Å². The number of carbonyl (C=O) groups excluding carboxylic acids is 3. The zero-order chi connectivity index (χ0) is 29.6. The monoisotopic (exact) mass is 590 g/mol. The lowest BCUT2D eigenvalue weighted by Gasteiger charge is -2.25. The van der Waals surface area contributed by atoms with Gasteiger partial charge in [0, 0.05) is 44.3 Å². The summed E-state index contributed by atoms with van der Waals surface area (Å²) in [6.07, 6.45) is 5.24. The maximum absolute atomic E-state index is 13.4. The van der Waals surface area contributed by atoms with Crippen molar-refractivity contribution in [2.45, 2.75) is 38.9 Å². The number of aromatic nitrogens is 4. The first-order valence-corrected chi connectivity index (χ1v) is 14.7. The van der Waals surface area contributed by atoms with Crippen molar-refractivity contribution in [2.75, 3.05) is 19.6 Å². The van der Waals surface area contributed by atoms with Crippen LogP contribution in [0.25, 0.3) is 0 Å². The Hall–Kier alpha value is -4.36. The number of thiazole rings is 1. The molecule has 3 aromatic heterocycles. The summed E-state index contributed by atoms with van der Waals surface area (Å²) in [4.78, 5) is 54.9. The van der Waals surface area contributed by atoms with Crippen LogP contribution in [0.4, 0.5) is 0 Å². The third-order valence-electron chi connectivity index (χ3n) is 7.01. The van der Waals surface area contributed by atoms with Gasteiger partial charge in [0.1, 0.15) is 28.8 Å². The summed E-state index contributed by atoms with van der Waals surface area (Å²) >= 11 is 1.33. The van der Waals surface area contributed by atoms with Crippen LogP contribution in [0.1, 0.15) is 69.2 Å². The first-order chi connectivity index (χ1) is 20.3. The predicted molar refractivity (Wildman–Crippen MR) is 156 cm³/mol. The van der Waals surface area contributed by atoms with Crippen LogP contribution in [0.5, 0.6) is 0 Å². The average molecular weight is 591 g/mol. The van der Waals surface area contributed by atoms with E-state index in [1.54, 1.807) is 11.6 Å². The third kappa shape index (κ3) is 7.09. The molecule has 3 amide bonds. The molecule has 4 bridgehead atoms. The van der Waals surface area contributed by atoms with Gasteiger partial charge in [-0.05, 0) is 11.5 Å². The van der Waals surface area contributed by atoms with Crippen molar-refractivity contribution in [3.05, 3.63) is 88.0 Å². The van der Waals surface area contributed by atoms with Gasteiger partial charge in [-0.25, -0.2) is 15.0 Å². The molecule has 2 atom stereocenters. The number of nitrogens with one attached hydrogen (secondary N) is 3. The summed E-state index contributed by atoms with van der Waals surface area (Å²) in [5.74, 6) is 0.0247. The van der Waals surface area contributed by atoms with E-state index in [0.717, 1.165) is 11.4 Å². The lowest BCUT2D eigenvalue weighted by molar-refractivity contribution is -0.123. The Morgan fingerprint density at radius 3 is 2.62 bits per heavy atom. The SMILES string of the molecule is CC(C)[C@@H]1NC(=O)CN(Cc2nccn2C)CCNC(=O)c2coc(n2)[C@H](Cc2ccccc2)NC(=O)c2csc1n2. The summed E-state index contributed by atoms with van der Waals surface area (Å²) in [5.41, 5.74) is 1.29. The van der Waals surface area contributed by atoms with Crippen molar-refractivity contribution in [1.82, 2.24) is 40.4 Å². The van der Waals surface area contributed by atoms with E-state index < -0.39 is 17.9 Å². The summed E-state index contributed by atoms with van der Waals surface area (Å²) < 4.78 is 7.60. The number of oxazole rings is 1. The van der Waals surface area contributed by atoms with E-state index >= 15 is 0 Å². The molecular formula is C29H34N8O4S. The molecule has 5 rings (SSSR count). The number of benzene rings is 1. The van der Waals surface area contributed by atoms with Gasteiger partial charge in [-0.3, -0.25) is 19.3 Å². The van der Waals surface area contributed by atoms with Gasteiger partial charge in [0.2, 0.25) is 11.8 Å². The number of amides is 3. The van der Waals surface area contributed by atoms with Gasteiger partial charge < -0.3 is 24.9 Å². The number of rotatable bonds is 5. The number of hydrogen-bond acceptors (Lipinski definition) is 9. The number of aryl methyl sites for hydroxylation is 1. The van der Waals surface area contributed by atoms with Crippen LogP contribution < -0.4 is 16.0 Å². The maximum atomic E-state index is 13.4. The normalized spacial score (nSPS) is 19.1. The molecule has 4 heterocycles. The van der Waals surface area contributed by atoms with E-state index in [0.29, 0.717) is 24.5 Å². The molecule has 0 aliphatic carbocycles. The molecule has 42 heavy (non-hydrogen) atoms. The average Bonchev–Trinajstić information content (AvgIpc) is 3.73. The van der Waals surface area contributed by atoms with Gasteiger partial charge in [0.15, 0.2) is 5.69 Å². The Balaban J connectivity index is 1.45. The number of fused-ring (bicyclic) bond motifs is 4. The molecule has 0 radical (unpaired) electrons. The zero-order valence-electron chi connectivity index (χ0n) is 23.7. The maximum Gasteiger partial charge on any atom is 0.273 e. The molecule has 1 aromatic carbocycles. The number of nitrogens with zero attached hydrogens (tertiary/aromatic N) is 5. The van der Waals surface area contributed by atoms with Crippen LogP contribution in [0, 0.1) is 5.92 Å². The van der Waals surface area contributed by atoms with E-state index in [1.165, 1.54) is 17.6 Å². The van der Waals surface area contributed by atoms with Gasteiger partial charge in [-0.1, -0.05) is 44.2 Å². The second-order valence-electron chi connectivity index (χ2n) is 10.6. The summed E-state index contributed by atoms with van der Waals surface area (Å²) in [6, 6.07) is 8.61. The first-order valence-electron chi connectivity index (χ1n) is 13.8. The summed E-state index contributed by atoms with van der Waals surface area (Å²) in [6.45, 7) is 5.16. The van der Waals surface area contributed by atoms with Gasteiger partial charge >= 0.3 is 0 Å². The second-order valence-corrected chi connectivity index (χ2v) is 11.5. The lowest BCUT2D eigenvalue weighted by atomic mass is 10.0. The molecule has 4 aromatic rings. The Bertz CT molecular complexity index is 1530. The van der Waals surface area contributed by atoms with Crippen LogP contribution in [0.3, 0.4) is 0 Å². The molecule has 12 nitrogen and oxygen atoms in total. The fraction of sp³-hybridized carbons (Fsp3) is 0.379. The summed E-state index contributed by atoms with van der Waals surface area (Å²) in [5, 5.41) is 11.3. The Morgan fingerprint density at radius 2 is 1.88 bits per heavy atom. The van der Waals surface area contributed by atoms with Crippen molar-refractivity contribution in [2.24, 2.45) is 13.0 Å². The van der Waals surface area contributed by atoms with Crippen LogP contribution in [0.2, 0.25) is 0 Å². The van der Waals surface area contributed by atoms with Gasteiger partial charge in [-0.2, -0.15) is 0 Å². The molecule has 220 valence electrons. The molecule has 1 aliphatic heterocycles. The van der Waals surface area contributed by atoms with Crippen LogP contribution in [-0.2, 0) is 24.8 Å². The standard InChI is InChI=1S/C29H34N8O4S/c1-18(2)25-29-34-22(17-42-29)27(40)32-20(13-19-7-5-4-6-8-19)28-33-21(16-41-28)26(39)31-10-12-37(15-24(38)35-25)14-23-30-9-11-36(23)3/h4-9,11,16-18,20,25H,10,12-15H2,1-3H3,(H,31,39)(H,32,40)(H,35,38)/t20-,25-/m0/s1. The molecule has 0 spiro atoms.